The molecule has 0 radical (unpaired) electrons. The van der Waals surface area contributed by atoms with Crippen molar-refractivity contribution in [3.05, 3.63) is 56.7 Å². The molecule has 0 unspecified atom stereocenters. The first kappa shape index (κ1) is 23.4. The van der Waals surface area contributed by atoms with Gasteiger partial charge in [-0.15, -0.1) is 22.9 Å². The van der Waals surface area contributed by atoms with E-state index in [1.165, 1.54) is 4.88 Å². The van der Waals surface area contributed by atoms with E-state index in [0.717, 1.165) is 15.5 Å². The number of nitrogens with one attached hydrogen (secondary N) is 2. The molecule has 2 aromatic rings. The van der Waals surface area contributed by atoms with Crippen LogP contribution in [0.1, 0.15) is 29.9 Å². The lowest BCUT2D eigenvalue weighted by molar-refractivity contribution is -0.110. The molecule has 0 saturated heterocycles. The highest BCUT2D eigenvalue weighted by Gasteiger charge is 2.00. The van der Waals surface area contributed by atoms with E-state index in [1.54, 1.807) is 18.4 Å². The van der Waals surface area contributed by atoms with Crippen LogP contribution >= 0.6 is 34.5 Å². The molecule has 7 heteroatoms. The summed E-state index contributed by atoms with van der Waals surface area (Å²) in [5.41, 5.74) is 7.15. The molecule has 0 spiro atoms. The van der Waals surface area contributed by atoms with Gasteiger partial charge in [-0.25, -0.2) is 0 Å². The fourth-order valence-corrected chi connectivity index (χ4v) is 2.56. The van der Waals surface area contributed by atoms with Crippen molar-refractivity contribution < 1.29 is 4.79 Å². The Hall–Kier alpha value is -1.56. The second kappa shape index (κ2) is 13.7. The molecule has 2 N–H and O–H groups in total. The van der Waals surface area contributed by atoms with Crippen LogP contribution in [0.3, 0.4) is 0 Å². The summed E-state index contributed by atoms with van der Waals surface area (Å²) < 4.78 is 0.873. The van der Waals surface area contributed by atoms with Crippen molar-refractivity contribution in [1.29, 1.82) is 0 Å². The lowest BCUT2D eigenvalue weighted by Crippen LogP contribution is -2.36. The van der Waals surface area contributed by atoms with E-state index >= 15 is 0 Å². The maximum atomic E-state index is 10.1. The molecule has 25 heavy (non-hydrogen) atoms. The Bertz CT molecular complexity index is 638. The number of hydrogen-bond donors (Lipinski definition) is 2. The van der Waals surface area contributed by atoms with Gasteiger partial charge in [0.25, 0.3) is 0 Å². The third-order valence-corrected chi connectivity index (χ3v) is 3.62. The minimum absolute atomic E-state index is 0.306. The van der Waals surface area contributed by atoms with Gasteiger partial charge in [0.1, 0.15) is 5.84 Å². The summed E-state index contributed by atoms with van der Waals surface area (Å²) >= 11 is 12.5. The second-order valence-corrected chi connectivity index (χ2v) is 7.98. The minimum Gasteiger partial charge on any atom is -0.282 e. The Morgan fingerprint density at radius 3 is 2.24 bits per heavy atom. The number of aliphatic imine (C=N–C) groups is 1. The van der Waals surface area contributed by atoms with Crippen LogP contribution in [0.5, 0.6) is 0 Å². The van der Waals surface area contributed by atoms with E-state index < -0.39 is 0 Å². The number of aryl methyl sites for hydroxylation is 2. The number of carbonyl (C=O) groups excluding carboxylic acids is 1. The van der Waals surface area contributed by atoms with Crippen molar-refractivity contribution in [2.75, 3.05) is 7.05 Å². The highest BCUT2D eigenvalue weighted by Crippen LogP contribution is 2.19. The van der Waals surface area contributed by atoms with Gasteiger partial charge >= 0.3 is 0 Å². The molecule has 1 amide bonds. The lowest BCUT2D eigenvalue weighted by atomic mass is 10.1. The molecule has 0 bridgehead atoms. The molecular formula is C18H25Cl2N3OS. The normalized spacial score (nSPS) is 10.2. The lowest BCUT2D eigenvalue weighted by Gasteiger charge is -2.07. The molecule has 4 nitrogen and oxygen atoms in total. The molecule has 0 fully saturated rings. The molecule has 1 heterocycles. The molecule has 0 saturated carbocycles. The van der Waals surface area contributed by atoms with E-state index in [9.17, 15) is 4.79 Å². The zero-order chi connectivity index (χ0) is 19.2. The summed E-state index contributed by atoms with van der Waals surface area (Å²) in [5, 5.41) is 0.306. The highest BCUT2D eigenvalue weighted by molar-refractivity contribution is 7.16. The van der Waals surface area contributed by atoms with Crippen molar-refractivity contribution in [2.45, 2.75) is 33.1 Å². The number of amidine groups is 1. The SMILES string of the molecule is CC(C)Cl.CN=C(NNC=O)c1cccc(C)c1.Cc1ccc(Cl)s1. The maximum Gasteiger partial charge on any atom is 0.225 e. The monoisotopic (exact) mass is 401 g/mol. The topological polar surface area (TPSA) is 53.5 Å². The number of nitrogens with zero attached hydrogens (tertiary/aromatic N) is 1. The summed E-state index contributed by atoms with van der Waals surface area (Å²) in [5.74, 6) is 0.640. The summed E-state index contributed by atoms with van der Waals surface area (Å²) in [6.07, 6.45) is 0.570. The standard InChI is InChI=1S/C10H13N3O.C5H5ClS.C3H7Cl/c1-8-4-3-5-9(6-8)10(11-2)13-12-7-14;1-4-2-3-5(6)7-4;1-3(2)4/h3-7H,1-2H3,(H,11,13)(H,12,14);2-3H,1H3;3H,1-2H3. The van der Waals surface area contributed by atoms with Crippen molar-refractivity contribution in [3.63, 3.8) is 0 Å². The van der Waals surface area contributed by atoms with Crippen LogP contribution in [-0.4, -0.2) is 24.7 Å². The Labute approximate surface area is 164 Å². The Morgan fingerprint density at radius 2 is 1.88 bits per heavy atom. The predicted molar refractivity (Wildman–Crippen MR) is 111 cm³/mol. The predicted octanol–water partition coefficient (Wildman–Crippen LogP) is 4.97. The number of hydrazine groups is 1. The average Bonchev–Trinajstić information content (AvgIpc) is 2.91. The van der Waals surface area contributed by atoms with Gasteiger partial charge in [-0.3, -0.25) is 20.6 Å². The van der Waals surface area contributed by atoms with Gasteiger partial charge in [-0.05, 0) is 45.9 Å². The van der Waals surface area contributed by atoms with Gasteiger partial charge in [-0.2, -0.15) is 0 Å². The molecule has 0 aliphatic heterocycles. The molecule has 138 valence electrons. The number of rotatable bonds is 3. The quantitative estimate of drug-likeness (QED) is 0.251. The van der Waals surface area contributed by atoms with Crippen LogP contribution in [0, 0.1) is 13.8 Å². The van der Waals surface area contributed by atoms with E-state index in [-0.39, 0.29) is 0 Å². The zero-order valence-corrected chi connectivity index (χ0v) is 17.5. The fraction of sp³-hybridized carbons (Fsp3) is 0.333. The fourth-order valence-electron chi connectivity index (χ4n) is 1.55. The van der Waals surface area contributed by atoms with E-state index in [1.807, 2.05) is 64.1 Å². The number of thiophene rings is 1. The molecule has 0 atom stereocenters. The Kier molecular flexibility index (Phi) is 12.8. The van der Waals surface area contributed by atoms with E-state index in [0.29, 0.717) is 17.6 Å². The number of halogens is 2. The first-order valence-corrected chi connectivity index (χ1v) is 9.28. The van der Waals surface area contributed by atoms with Crippen LogP contribution in [-0.2, 0) is 4.79 Å². The molecule has 0 aliphatic rings. The van der Waals surface area contributed by atoms with Crippen molar-refractivity contribution in [1.82, 2.24) is 10.9 Å². The van der Waals surface area contributed by atoms with Crippen molar-refractivity contribution >= 4 is 46.8 Å². The van der Waals surface area contributed by atoms with E-state index in [2.05, 4.69) is 15.8 Å². The molecule has 1 aromatic carbocycles. The smallest absolute Gasteiger partial charge is 0.225 e. The third-order valence-electron chi connectivity index (χ3n) is 2.47. The van der Waals surface area contributed by atoms with Crippen LogP contribution in [0.4, 0.5) is 0 Å². The summed E-state index contributed by atoms with van der Waals surface area (Å²) in [6, 6.07) is 11.8. The van der Waals surface area contributed by atoms with Crippen LogP contribution in [0.15, 0.2) is 41.4 Å². The summed E-state index contributed by atoms with van der Waals surface area (Å²) in [6.45, 7) is 7.91. The number of amides is 1. The van der Waals surface area contributed by atoms with Gasteiger partial charge in [-0.1, -0.05) is 35.4 Å². The third kappa shape index (κ3) is 12.5. The van der Waals surface area contributed by atoms with Crippen molar-refractivity contribution in [3.8, 4) is 0 Å². The van der Waals surface area contributed by atoms with Crippen LogP contribution in [0.2, 0.25) is 4.34 Å². The average molecular weight is 402 g/mol. The Balaban J connectivity index is 0.000000433. The number of alkyl halides is 1. The Morgan fingerprint density at radius 1 is 1.24 bits per heavy atom. The maximum absolute atomic E-state index is 10.1. The number of hydrogen-bond acceptors (Lipinski definition) is 3. The molecule has 1 aromatic heterocycles. The molecule has 0 aliphatic carbocycles. The summed E-state index contributed by atoms with van der Waals surface area (Å²) in [7, 11) is 1.66. The number of benzene rings is 1. The largest absolute Gasteiger partial charge is 0.282 e. The first-order valence-electron chi connectivity index (χ1n) is 7.65. The highest BCUT2D eigenvalue weighted by atomic mass is 35.5. The first-order chi connectivity index (χ1) is 11.8. The molecule has 2 rings (SSSR count). The van der Waals surface area contributed by atoms with Gasteiger partial charge in [0.2, 0.25) is 6.41 Å². The van der Waals surface area contributed by atoms with Crippen LogP contribution in [0.25, 0.3) is 0 Å². The number of carbonyl (C=O) groups is 1. The van der Waals surface area contributed by atoms with Gasteiger partial charge in [0.15, 0.2) is 0 Å². The van der Waals surface area contributed by atoms with Gasteiger partial charge in [0.05, 0.1) is 4.34 Å². The van der Waals surface area contributed by atoms with Gasteiger partial charge < -0.3 is 0 Å². The minimum atomic E-state index is 0.306. The zero-order valence-electron chi connectivity index (χ0n) is 15.1. The van der Waals surface area contributed by atoms with Crippen LogP contribution < -0.4 is 10.9 Å². The van der Waals surface area contributed by atoms with Gasteiger partial charge in [0, 0.05) is 22.9 Å². The summed E-state index contributed by atoms with van der Waals surface area (Å²) in [4.78, 5) is 15.4. The second-order valence-electron chi connectivity index (χ2n) is 5.19. The van der Waals surface area contributed by atoms with E-state index in [4.69, 9.17) is 23.2 Å². The molecular weight excluding hydrogens is 377 g/mol. The van der Waals surface area contributed by atoms with Crippen molar-refractivity contribution in [2.24, 2.45) is 4.99 Å².